The molecule has 0 aliphatic carbocycles. The van der Waals surface area contributed by atoms with Gasteiger partial charge >= 0.3 is 6.61 Å². The number of nitrogens with one attached hydrogen (secondary N) is 2. The molecule has 0 radical (unpaired) electrons. The first-order valence-corrected chi connectivity index (χ1v) is 10.0. The molecule has 2 aromatic rings. The van der Waals surface area contributed by atoms with Crippen LogP contribution in [0.2, 0.25) is 10.0 Å². The Morgan fingerprint density at radius 2 is 2.00 bits per heavy atom. The second-order valence-electron chi connectivity index (χ2n) is 7.20. The molecular formula is C19H22Cl2F2N4O2. The Morgan fingerprint density at radius 1 is 1.31 bits per heavy atom. The van der Waals surface area contributed by atoms with Crippen LogP contribution in [-0.4, -0.2) is 35.4 Å². The van der Waals surface area contributed by atoms with Crippen LogP contribution in [0.1, 0.15) is 38.3 Å². The van der Waals surface area contributed by atoms with Gasteiger partial charge in [-0.15, -0.1) is 0 Å². The van der Waals surface area contributed by atoms with Crippen molar-refractivity contribution in [1.29, 1.82) is 0 Å². The van der Waals surface area contributed by atoms with Gasteiger partial charge in [-0.25, -0.2) is 0 Å². The number of amides is 1. The van der Waals surface area contributed by atoms with Crippen LogP contribution >= 0.6 is 23.2 Å². The number of ether oxygens (including phenoxy) is 1. The van der Waals surface area contributed by atoms with Crippen molar-refractivity contribution in [1.82, 2.24) is 15.1 Å². The second kappa shape index (κ2) is 8.85. The zero-order valence-corrected chi connectivity index (χ0v) is 17.5. The van der Waals surface area contributed by atoms with Crippen LogP contribution in [0.25, 0.3) is 0 Å². The second-order valence-corrected chi connectivity index (χ2v) is 8.04. The Morgan fingerprint density at radius 3 is 2.62 bits per heavy atom. The van der Waals surface area contributed by atoms with E-state index in [1.807, 2.05) is 13.8 Å². The molecular weight excluding hydrogens is 425 g/mol. The smallest absolute Gasteiger partial charge is 0.387 e. The van der Waals surface area contributed by atoms with Gasteiger partial charge in [0.25, 0.3) is 5.91 Å². The summed E-state index contributed by atoms with van der Waals surface area (Å²) in [4.78, 5) is 13.5. The predicted molar refractivity (Wildman–Crippen MR) is 108 cm³/mol. The summed E-state index contributed by atoms with van der Waals surface area (Å²) in [5, 5.41) is 11.1. The molecule has 3 rings (SSSR count). The zero-order chi connectivity index (χ0) is 21.2. The Labute approximate surface area is 177 Å². The van der Waals surface area contributed by atoms with Gasteiger partial charge < -0.3 is 15.4 Å². The monoisotopic (exact) mass is 446 g/mol. The topological polar surface area (TPSA) is 68.2 Å². The van der Waals surface area contributed by atoms with Crippen molar-refractivity contribution < 1.29 is 18.3 Å². The number of benzene rings is 1. The van der Waals surface area contributed by atoms with E-state index in [0.717, 1.165) is 5.69 Å². The quantitative estimate of drug-likeness (QED) is 0.678. The standard InChI is InChI=1S/C19H22Cl2F2N4O2/c1-11(2)16-13(21)10-25-27(16)19(5-7-24-8-6-19)17(28)26-14-4-3-12(20)9-15(14)29-18(22)23/h3-4,9-11,18,24H,5-8H2,1-2H3,(H,26,28). The summed E-state index contributed by atoms with van der Waals surface area (Å²) in [5.41, 5.74) is -0.148. The third-order valence-electron chi connectivity index (χ3n) is 4.97. The SMILES string of the molecule is CC(C)c1c(Cl)cnn1C1(C(=O)Nc2ccc(Cl)cc2OC(F)F)CCNCC1. The number of carbonyl (C=O) groups excluding carboxylic acids is 1. The molecule has 1 aliphatic heterocycles. The maximum Gasteiger partial charge on any atom is 0.387 e. The Bertz CT molecular complexity index is 883. The Hall–Kier alpha value is -1.90. The van der Waals surface area contributed by atoms with Gasteiger partial charge in [0.05, 0.1) is 22.6 Å². The van der Waals surface area contributed by atoms with E-state index in [9.17, 15) is 13.6 Å². The highest BCUT2D eigenvalue weighted by Gasteiger charge is 2.44. The van der Waals surface area contributed by atoms with Crippen molar-refractivity contribution in [3.05, 3.63) is 40.1 Å². The Kier molecular flexibility index (Phi) is 6.65. The number of halogens is 4. The number of carbonyl (C=O) groups is 1. The van der Waals surface area contributed by atoms with Crippen molar-refractivity contribution in [3.63, 3.8) is 0 Å². The highest BCUT2D eigenvalue weighted by atomic mass is 35.5. The average Bonchev–Trinajstić information content (AvgIpc) is 3.06. The fourth-order valence-electron chi connectivity index (χ4n) is 3.61. The van der Waals surface area contributed by atoms with Crippen LogP contribution in [0.4, 0.5) is 14.5 Å². The van der Waals surface area contributed by atoms with E-state index < -0.39 is 12.2 Å². The predicted octanol–water partition coefficient (Wildman–Crippen LogP) is 4.63. The van der Waals surface area contributed by atoms with E-state index in [2.05, 4.69) is 20.5 Å². The maximum atomic E-state index is 13.5. The van der Waals surface area contributed by atoms with Gasteiger partial charge in [0.1, 0.15) is 5.54 Å². The fraction of sp³-hybridized carbons (Fsp3) is 0.474. The van der Waals surface area contributed by atoms with E-state index in [0.29, 0.717) is 31.0 Å². The minimum absolute atomic E-state index is 0.0396. The maximum absolute atomic E-state index is 13.5. The lowest BCUT2D eigenvalue weighted by atomic mass is 9.86. The van der Waals surface area contributed by atoms with Crippen molar-refractivity contribution in [2.45, 2.75) is 44.8 Å². The molecule has 0 spiro atoms. The number of alkyl halides is 2. The summed E-state index contributed by atoms with van der Waals surface area (Å²) >= 11 is 12.2. The van der Waals surface area contributed by atoms with Crippen molar-refractivity contribution >= 4 is 34.8 Å². The molecule has 0 atom stereocenters. The van der Waals surface area contributed by atoms with Crippen LogP contribution in [-0.2, 0) is 10.3 Å². The number of hydrogen-bond donors (Lipinski definition) is 2. The summed E-state index contributed by atoms with van der Waals surface area (Å²) in [5.74, 6) is -0.535. The Balaban J connectivity index is 2.00. The van der Waals surface area contributed by atoms with E-state index in [4.69, 9.17) is 23.2 Å². The molecule has 1 saturated heterocycles. The summed E-state index contributed by atoms with van der Waals surface area (Å²) in [7, 11) is 0. The molecule has 0 bridgehead atoms. The number of hydrogen-bond acceptors (Lipinski definition) is 4. The third kappa shape index (κ3) is 4.49. The highest BCUT2D eigenvalue weighted by molar-refractivity contribution is 6.31. The lowest BCUT2D eigenvalue weighted by Gasteiger charge is -2.38. The van der Waals surface area contributed by atoms with Crippen LogP contribution in [0, 0.1) is 0 Å². The van der Waals surface area contributed by atoms with Crippen LogP contribution in [0.5, 0.6) is 5.75 Å². The number of aromatic nitrogens is 2. The van der Waals surface area contributed by atoms with Crippen LogP contribution in [0.15, 0.2) is 24.4 Å². The highest BCUT2D eigenvalue weighted by Crippen LogP contribution is 2.37. The first-order chi connectivity index (χ1) is 13.7. The average molecular weight is 447 g/mol. The molecule has 1 aliphatic rings. The van der Waals surface area contributed by atoms with E-state index in [-0.39, 0.29) is 28.3 Å². The largest absolute Gasteiger partial charge is 0.433 e. The number of anilines is 1. The first-order valence-electron chi connectivity index (χ1n) is 9.25. The summed E-state index contributed by atoms with van der Waals surface area (Å²) in [6.45, 7) is 2.10. The van der Waals surface area contributed by atoms with E-state index in [1.54, 1.807) is 4.68 Å². The molecule has 29 heavy (non-hydrogen) atoms. The van der Waals surface area contributed by atoms with Gasteiger partial charge in [0.15, 0.2) is 5.75 Å². The van der Waals surface area contributed by atoms with Crippen molar-refractivity contribution in [3.8, 4) is 5.75 Å². The number of rotatable bonds is 6. The van der Waals surface area contributed by atoms with Crippen molar-refractivity contribution in [2.75, 3.05) is 18.4 Å². The number of nitrogens with zero attached hydrogens (tertiary/aromatic N) is 2. The van der Waals surface area contributed by atoms with Gasteiger partial charge in [0, 0.05) is 11.1 Å². The van der Waals surface area contributed by atoms with Gasteiger partial charge in [0.2, 0.25) is 0 Å². The van der Waals surface area contributed by atoms with Crippen LogP contribution < -0.4 is 15.4 Å². The molecule has 158 valence electrons. The molecule has 10 heteroatoms. The molecule has 1 fully saturated rings. The molecule has 1 aromatic carbocycles. The van der Waals surface area contributed by atoms with Gasteiger partial charge in [-0.3, -0.25) is 9.48 Å². The summed E-state index contributed by atoms with van der Waals surface area (Å²) in [6.07, 6.45) is 2.46. The van der Waals surface area contributed by atoms with Gasteiger partial charge in [-0.1, -0.05) is 37.0 Å². The lowest BCUT2D eigenvalue weighted by molar-refractivity contribution is -0.126. The van der Waals surface area contributed by atoms with E-state index in [1.165, 1.54) is 24.4 Å². The fourth-order valence-corrected chi connectivity index (χ4v) is 4.11. The van der Waals surface area contributed by atoms with Crippen LogP contribution in [0.3, 0.4) is 0 Å². The molecule has 2 heterocycles. The van der Waals surface area contributed by atoms with Gasteiger partial charge in [-0.2, -0.15) is 13.9 Å². The van der Waals surface area contributed by atoms with Crippen molar-refractivity contribution in [2.24, 2.45) is 0 Å². The zero-order valence-electron chi connectivity index (χ0n) is 16.0. The van der Waals surface area contributed by atoms with Gasteiger partial charge in [-0.05, 0) is 44.0 Å². The molecule has 0 saturated carbocycles. The minimum Gasteiger partial charge on any atom is -0.433 e. The normalized spacial score (nSPS) is 16.3. The molecule has 1 aromatic heterocycles. The molecule has 1 amide bonds. The molecule has 6 nitrogen and oxygen atoms in total. The summed E-state index contributed by atoms with van der Waals surface area (Å²) < 4.78 is 31.8. The lowest BCUT2D eigenvalue weighted by Crippen LogP contribution is -2.53. The summed E-state index contributed by atoms with van der Waals surface area (Å²) in [6, 6.07) is 4.17. The molecule has 2 N–H and O–H groups in total. The third-order valence-corrected chi connectivity index (χ3v) is 5.50. The minimum atomic E-state index is -3.05. The molecule has 0 unspecified atom stereocenters. The first kappa shape index (κ1) is 21.8. The number of piperidine rings is 1. The van der Waals surface area contributed by atoms with E-state index >= 15 is 0 Å².